The Morgan fingerprint density at radius 1 is 1.16 bits per heavy atom. The van der Waals surface area contributed by atoms with Gasteiger partial charge in [-0.15, -0.1) is 0 Å². The van der Waals surface area contributed by atoms with E-state index < -0.39 is 11.8 Å². The van der Waals surface area contributed by atoms with Crippen LogP contribution in [-0.4, -0.2) is 29.3 Å². The molecule has 0 saturated carbocycles. The van der Waals surface area contributed by atoms with Crippen molar-refractivity contribution in [3.63, 3.8) is 0 Å². The molecule has 1 aliphatic heterocycles. The number of hydrogen-bond acceptors (Lipinski definition) is 4. The Labute approximate surface area is 123 Å². The molecule has 5 nitrogen and oxygen atoms in total. The summed E-state index contributed by atoms with van der Waals surface area (Å²) >= 11 is 13.2. The number of benzene rings is 1. The predicted octanol–water partition coefficient (Wildman–Crippen LogP) is 2.15. The van der Waals surface area contributed by atoms with E-state index in [0.717, 1.165) is 5.75 Å². The molecule has 1 heterocycles. The third kappa shape index (κ3) is 3.62. The number of hydrogen-bond donors (Lipinski definition) is 2. The molecule has 1 aromatic carbocycles. The van der Waals surface area contributed by atoms with Gasteiger partial charge in [-0.1, -0.05) is 41.0 Å². The van der Waals surface area contributed by atoms with Crippen molar-refractivity contribution in [3.8, 4) is 0 Å². The number of thioether (sulfide) groups is 1. The summed E-state index contributed by atoms with van der Waals surface area (Å²) in [5, 5.41) is 5.77. The Hall–Kier alpha value is -1.24. The number of rotatable bonds is 1. The first-order valence-electron chi connectivity index (χ1n) is 5.31. The maximum Gasteiger partial charge on any atom is 0.315 e. The second-order valence-electron chi connectivity index (χ2n) is 3.54. The minimum atomic E-state index is -0.842. The molecule has 2 rings (SSSR count). The van der Waals surface area contributed by atoms with Gasteiger partial charge >= 0.3 is 11.8 Å². The van der Waals surface area contributed by atoms with Gasteiger partial charge in [-0.3, -0.25) is 19.9 Å². The Kier molecular flexibility index (Phi) is 4.68. The van der Waals surface area contributed by atoms with Crippen LogP contribution in [0.25, 0.3) is 0 Å². The van der Waals surface area contributed by atoms with Crippen LogP contribution in [0.3, 0.4) is 0 Å². The molecule has 0 atom stereocenters. The summed E-state index contributed by atoms with van der Waals surface area (Å²) in [6, 6.07) is 4.78. The number of aliphatic imine (C=N–C) groups is 1. The van der Waals surface area contributed by atoms with Crippen molar-refractivity contribution in [2.24, 2.45) is 4.99 Å². The van der Waals surface area contributed by atoms with Crippen molar-refractivity contribution in [1.82, 2.24) is 5.32 Å². The highest BCUT2D eigenvalue weighted by Crippen LogP contribution is 2.29. The van der Waals surface area contributed by atoms with Gasteiger partial charge in [0, 0.05) is 5.75 Å². The van der Waals surface area contributed by atoms with E-state index in [1.165, 1.54) is 11.8 Å². The van der Waals surface area contributed by atoms with Crippen LogP contribution in [0.15, 0.2) is 23.2 Å². The highest BCUT2D eigenvalue weighted by molar-refractivity contribution is 8.14. The Morgan fingerprint density at radius 3 is 2.37 bits per heavy atom. The fourth-order valence-corrected chi connectivity index (χ4v) is 2.57. The number of nitrogens with zero attached hydrogens (tertiary/aromatic N) is 1. The minimum absolute atomic E-state index is 0.215. The summed E-state index contributed by atoms with van der Waals surface area (Å²) in [5.41, 5.74) is 0.215. The van der Waals surface area contributed by atoms with Crippen molar-refractivity contribution >= 4 is 57.6 Å². The monoisotopic (exact) mass is 317 g/mol. The van der Waals surface area contributed by atoms with E-state index in [2.05, 4.69) is 15.6 Å². The normalized spacial score (nSPS) is 13.9. The molecule has 2 amide bonds. The fourth-order valence-electron chi connectivity index (χ4n) is 1.35. The smallest absolute Gasteiger partial charge is 0.315 e. The van der Waals surface area contributed by atoms with Gasteiger partial charge in [0.2, 0.25) is 0 Å². The fraction of sp³-hybridized carbons (Fsp3) is 0.182. The molecule has 0 bridgehead atoms. The summed E-state index contributed by atoms with van der Waals surface area (Å²) < 4.78 is 0. The quantitative estimate of drug-likeness (QED) is 0.780. The topological polar surface area (TPSA) is 70.6 Å². The standard InChI is InChI=1S/C11H9Cl2N3O2S/c12-6-2-1-3-7(13)8(6)15-9(17)10(18)16-11-14-4-5-19-11/h1-3H,4-5H2,(H,15,17)(H,14,16,18). The highest BCUT2D eigenvalue weighted by Gasteiger charge is 2.19. The van der Waals surface area contributed by atoms with E-state index >= 15 is 0 Å². The lowest BCUT2D eigenvalue weighted by molar-refractivity contribution is -0.135. The number of amides is 2. The molecule has 0 radical (unpaired) electrons. The lowest BCUT2D eigenvalue weighted by atomic mass is 10.3. The maximum atomic E-state index is 11.7. The summed E-state index contributed by atoms with van der Waals surface area (Å²) in [6.45, 7) is 0.637. The summed E-state index contributed by atoms with van der Waals surface area (Å²) in [5.74, 6) is -0.845. The third-order valence-corrected chi connectivity index (χ3v) is 3.73. The van der Waals surface area contributed by atoms with Crippen LogP contribution in [0.2, 0.25) is 10.0 Å². The molecule has 0 unspecified atom stereocenters. The first-order valence-corrected chi connectivity index (χ1v) is 7.05. The van der Waals surface area contributed by atoms with Crippen LogP contribution in [0.5, 0.6) is 0 Å². The van der Waals surface area contributed by atoms with Crippen LogP contribution in [0.1, 0.15) is 0 Å². The van der Waals surface area contributed by atoms with E-state index in [-0.39, 0.29) is 15.7 Å². The first kappa shape index (κ1) is 14.2. The van der Waals surface area contributed by atoms with E-state index in [9.17, 15) is 9.59 Å². The average molecular weight is 318 g/mol. The van der Waals surface area contributed by atoms with Crippen LogP contribution >= 0.6 is 35.0 Å². The van der Waals surface area contributed by atoms with Crippen LogP contribution in [0.4, 0.5) is 5.69 Å². The van der Waals surface area contributed by atoms with Gasteiger partial charge in [-0.05, 0) is 12.1 Å². The second-order valence-corrected chi connectivity index (χ2v) is 5.44. The lowest BCUT2D eigenvalue weighted by Crippen LogP contribution is -2.37. The largest absolute Gasteiger partial charge is 0.315 e. The van der Waals surface area contributed by atoms with Crippen molar-refractivity contribution in [2.75, 3.05) is 17.6 Å². The average Bonchev–Trinajstić information content (AvgIpc) is 2.86. The SMILES string of the molecule is O=C(NC1=NCCS1)C(=O)Nc1c(Cl)cccc1Cl. The van der Waals surface area contributed by atoms with E-state index in [0.29, 0.717) is 11.7 Å². The van der Waals surface area contributed by atoms with Gasteiger partial charge in [0.05, 0.1) is 22.3 Å². The number of amidine groups is 1. The van der Waals surface area contributed by atoms with Crippen molar-refractivity contribution in [2.45, 2.75) is 0 Å². The van der Waals surface area contributed by atoms with E-state index in [1.807, 2.05) is 0 Å². The number of para-hydroxylation sites is 1. The maximum absolute atomic E-state index is 11.7. The molecule has 100 valence electrons. The molecule has 0 spiro atoms. The Balaban J connectivity index is 2.02. The van der Waals surface area contributed by atoms with Gasteiger partial charge in [0.1, 0.15) is 0 Å². The summed E-state index contributed by atoms with van der Waals surface area (Å²) in [4.78, 5) is 27.3. The molecule has 0 aliphatic carbocycles. The predicted molar refractivity (Wildman–Crippen MR) is 78.0 cm³/mol. The second kappa shape index (κ2) is 6.27. The number of nitrogens with one attached hydrogen (secondary N) is 2. The van der Waals surface area contributed by atoms with Crippen LogP contribution in [-0.2, 0) is 9.59 Å². The van der Waals surface area contributed by atoms with Crippen LogP contribution in [0, 0.1) is 0 Å². The zero-order chi connectivity index (χ0) is 13.8. The number of anilines is 1. The summed E-state index contributed by atoms with van der Waals surface area (Å²) in [7, 11) is 0. The first-order chi connectivity index (χ1) is 9.08. The Bertz CT molecular complexity index is 543. The van der Waals surface area contributed by atoms with Crippen molar-refractivity contribution in [1.29, 1.82) is 0 Å². The molecular weight excluding hydrogens is 309 g/mol. The summed E-state index contributed by atoms with van der Waals surface area (Å²) in [6.07, 6.45) is 0. The van der Waals surface area contributed by atoms with E-state index in [1.54, 1.807) is 18.2 Å². The minimum Gasteiger partial charge on any atom is -0.315 e. The van der Waals surface area contributed by atoms with Crippen molar-refractivity contribution < 1.29 is 9.59 Å². The molecule has 2 N–H and O–H groups in total. The third-order valence-electron chi connectivity index (χ3n) is 2.21. The van der Waals surface area contributed by atoms with Gasteiger partial charge in [-0.25, -0.2) is 0 Å². The van der Waals surface area contributed by atoms with Gasteiger partial charge in [0.25, 0.3) is 0 Å². The molecule has 0 fully saturated rings. The lowest BCUT2D eigenvalue weighted by Gasteiger charge is -2.08. The molecule has 1 aromatic rings. The van der Waals surface area contributed by atoms with Gasteiger partial charge < -0.3 is 5.32 Å². The van der Waals surface area contributed by atoms with Gasteiger partial charge in [0.15, 0.2) is 5.17 Å². The zero-order valence-corrected chi connectivity index (χ0v) is 11.9. The Morgan fingerprint density at radius 2 is 1.79 bits per heavy atom. The molecule has 1 aliphatic rings. The van der Waals surface area contributed by atoms with Crippen molar-refractivity contribution in [3.05, 3.63) is 28.2 Å². The van der Waals surface area contributed by atoms with Gasteiger partial charge in [-0.2, -0.15) is 0 Å². The number of carbonyl (C=O) groups is 2. The number of carbonyl (C=O) groups excluding carboxylic acids is 2. The van der Waals surface area contributed by atoms with Crippen LogP contribution < -0.4 is 10.6 Å². The molecule has 0 aromatic heterocycles. The molecule has 8 heteroatoms. The highest BCUT2D eigenvalue weighted by atomic mass is 35.5. The molecule has 19 heavy (non-hydrogen) atoms. The van der Waals surface area contributed by atoms with E-state index in [4.69, 9.17) is 23.2 Å². The number of halogens is 2. The zero-order valence-electron chi connectivity index (χ0n) is 9.57. The molecular formula is C11H9Cl2N3O2S. The molecule has 0 saturated heterocycles.